The number of carbonyl (C=O) groups is 4. The van der Waals surface area contributed by atoms with Crippen molar-refractivity contribution in [2.75, 3.05) is 20.7 Å². The molecule has 0 spiro atoms. The lowest BCUT2D eigenvalue weighted by molar-refractivity contribution is -0.0171. The van der Waals surface area contributed by atoms with Crippen LogP contribution in [0, 0.1) is 0 Å². The van der Waals surface area contributed by atoms with E-state index in [4.69, 9.17) is 14.2 Å². The van der Waals surface area contributed by atoms with Crippen LogP contribution in [0.25, 0.3) is 0 Å². The second-order valence-electron chi connectivity index (χ2n) is 5.53. The Morgan fingerprint density at radius 3 is 1.25 bits per heavy atom. The van der Waals surface area contributed by atoms with Gasteiger partial charge in [0, 0.05) is 12.7 Å². The molecule has 0 radical (unpaired) electrons. The molecular weight excluding hydrogens is 368 g/mol. The molecule has 2 aromatic carbocycles. The lowest BCUT2D eigenvalue weighted by Crippen LogP contribution is -2.13. The summed E-state index contributed by atoms with van der Waals surface area (Å²) >= 11 is 0. The predicted molar refractivity (Wildman–Crippen MR) is 95.9 cm³/mol. The summed E-state index contributed by atoms with van der Waals surface area (Å²) in [6.45, 7) is 0.664. The molecule has 0 atom stereocenters. The van der Waals surface area contributed by atoms with Crippen LogP contribution < -0.4 is 0 Å². The molecule has 2 rings (SSSR count). The highest BCUT2D eigenvalue weighted by Gasteiger charge is 2.13. The summed E-state index contributed by atoms with van der Waals surface area (Å²) in [5.74, 6) is -2.13. The molecule has 0 aromatic heterocycles. The van der Waals surface area contributed by atoms with Gasteiger partial charge in [-0.05, 0) is 43.3 Å². The fraction of sp³-hybridized carbons (Fsp3) is 0.200. The van der Waals surface area contributed by atoms with Crippen molar-refractivity contribution in [2.24, 2.45) is 0 Å². The number of hydrogen-bond acceptors (Lipinski definition) is 8. The molecule has 8 heteroatoms. The van der Waals surface area contributed by atoms with Gasteiger partial charge in [0.1, 0.15) is 0 Å². The summed E-state index contributed by atoms with van der Waals surface area (Å²) in [4.78, 5) is 46.7. The number of methoxy groups -OCH3 is 1. The predicted octanol–water partition coefficient (Wildman–Crippen LogP) is 2.62. The fourth-order valence-corrected chi connectivity index (χ4v) is 2.08. The summed E-state index contributed by atoms with van der Waals surface area (Å²) in [5, 5.41) is 0. The Labute approximate surface area is 161 Å². The molecule has 0 saturated carbocycles. The zero-order chi connectivity index (χ0) is 20.5. The zero-order valence-corrected chi connectivity index (χ0v) is 15.3. The first-order valence-corrected chi connectivity index (χ1v) is 8.13. The van der Waals surface area contributed by atoms with Crippen LogP contribution >= 0.6 is 0 Å². The Bertz CT molecular complexity index is 853. The molecule has 0 heterocycles. The van der Waals surface area contributed by atoms with Crippen molar-refractivity contribution < 1.29 is 38.1 Å². The van der Waals surface area contributed by atoms with Gasteiger partial charge in [0.15, 0.2) is 12.6 Å². The van der Waals surface area contributed by atoms with Crippen LogP contribution in [0.15, 0.2) is 48.5 Å². The van der Waals surface area contributed by atoms with E-state index in [1.165, 1.54) is 62.6 Å². The van der Waals surface area contributed by atoms with Crippen molar-refractivity contribution in [3.8, 4) is 0 Å². The molecule has 0 unspecified atom stereocenters. The Hall–Kier alpha value is -3.52. The van der Waals surface area contributed by atoms with E-state index in [0.29, 0.717) is 5.56 Å². The summed E-state index contributed by atoms with van der Waals surface area (Å²) < 4.78 is 19.2. The van der Waals surface area contributed by atoms with Crippen molar-refractivity contribution in [2.45, 2.75) is 6.92 Å². The molecule has 28 heavy (non-hydrogen) atoms. The number of esters is 3. The van der Waals surface area contributed by atoms with Crippen molar-refractivity contribution in [1.82, 2.24) is 0 Å². The third-order valence-electron chi connectivity index (χ3n) is 3.57. The van der Waals surface area contributed by atoms with E-state index in [9.17, 15) is 19.2 Å². The summed E-state index contributed by atoms with van der Waals surface area (Å²) in [6.07, 6.45) is 0. The van der Waals surface area contributed by atoms with Crippen LogP contribution in [0.2, 0.25) is 0 Å². The number of hydrogen-bond donors (Lipinski definition) is 0. The minimum absolute atomic E-state index is 0.119. The van der Waals surface area contributed by atoms with Gasteiger partial charge in [-0.1, -0.05) is 12.1 Å². The molecule has 0 amide bonds. The molecule has 0 aliphatic heterocycles. The first kappa shape index (κ1) is 20.8. The molecule has 146 valence electrons. The van der Waals surface area contributed by atoms with Crippen LogP contribution in [0.5, 0.6) is 0 Å². The third kappa shape index (κ3) is 5.75. The quantitative estimate of drug-likeness (QED) is 0.387. The maximum absolute atomic E-state index is 11.9. The van der Waals surface area contributed by atoms with Crippen molar-refractivity contribution in [3.63, 3.8) is 0 Å². The molecule has 0 aliphatic carbocycles. The van der Waals surface area contributed by atoms with Crippen molar-refractivity contribution >= 4 is 23.7 Å². The Morgan fingerprint density at radius 1 is 0.607 bits per heavy atom. The SMILES string of the molecule is COCOC(=O)c1ccc(C(=O)OCOC(=O)c2ccc(C(C)=O)cc2)cc1. The van der Waals surface area contributed by atoms with E-state index >= 15 is 0 Å². The van der Waals surface area contributed by atoms with E-state index in [2.05, 4.69) is 4.74 Å². The van der Waals surface area contributed by atoms with Gasteiger partial charge in [-0.15, -0.1) is 0 Å². The van der Waals surface area contributed by atoms with Crippen molar-refractivity contribution in [1.29, 1.82) is 0 Å². The largest absolute Gasteiger partial charge is 0.435 e. The lowest BCUT2D eigenvalue weighted by Gasteiger charge is -2.07. The standard InChI is InChI=1S/C20H18O8/c1-13(21)14-3-5-15(6-4-14)19(23)27-12-28-20(24)17-9-7-16(8-10-17)18(22)26-11-25-2/h3-10H,11-12H2,1-2H3. The van der Waals surface area contributed by atoms with Gasteiger partial charge in [-0.2, -0.15) is 0 Å². The molecule has 8 nitrogen and oxygen atoms in total. The van der Waals surface area contributed by atoms with Gasteiger partial charge in [0.05, 0.1) is 16.7 Å². The second-order valence-corrected chi connectivity index (χ2v) is 5.53. The number of Topliss-reactive ketones (excluding diaryl/α,β-unsaturated/α-hetero) is 1. The van der Waals surface area contributed by atoms with Crippen LogP contribution in [0.1, 0.15) is 48.4 Å². The zero-order valence-electron chi connectivity index (χ0n) is 15.3. The van der Waals surface area contributed by atoms with Gasteiger partial charge < -0.3 is 18.9 Å². The lowest BCUT2D eigenvalue weighted by atomic mass is 10.1. The monoisotopic (exact) mass is 386 g/mol. The Kier molecular flexibility index (Phi) is 7.41. The van der Waals surface area contributed by atoms with Gasteiger partial charge in [-0.3, -0.25) is 4.79 Å². The van der Waals surface area contributed by atoms with Crippen LogP contribution in [0.3, 0.4) is 0 Å². The van der Waals surface area contributed by atoms with E-state index in [1.807, 2.05) is 0 Å². The first-order chi connectivity index (χ1) is 13.4. The molecule has 0 fully saturated rings. The minimum atomic E-state index is -0.725. The highest BCUT2D eigenvalue weighted by Crippen LogP contribution is 2.09. The molecule has 0 N–H and O–H groups in total. The Balaban J connectivity index is 1.84. The highest BCUT2D eigenvalue weighted by atomic mass is 16.7. The van der Waals surface area contributed by atoms with Crippen LogP contribution in [-0.4, -0.2) is 44.4 Å². The Morgan fingerprint density at radius 2 is 0.929 bits per heavy atom. The van der Waals surface area contributed by atoms with E-state index < -0.39 is 24.7 Å². The number of ether oxygens (including phenoxy) is 4. The number of benzene rings is 2. The summed E-state index contributed by atoms with van der Waals surface area (Å²) in [7, 11) is 1.39. The maximum Gasteiger partial charge on any atom is 0.340 e. The maximum atomic E-state index is 11.9. The van der Waals surface area contributed by atoms with Gasteiger partial charge in [-0.25, -0.2) is 14.4 Å². The minimum Gasteiger partial charge on any atom is -0.435 e. The van der Waals surface area contributed by atoms with Gasteiger partial charge in [0.25, 0.3) is 0 Å². The second kappa shape index (κ2) is 9.98. The van der Waals surface area contributed by atoms with E-state index in [-0.39, 0.29) is 29.3 Å². The van der Waals surface area contributed by atoms with E-state index in [0.717, 1.165) is 0 Å². The number of rotatable bonds is 8. The molecule has 0 saturated heterocycles. The molecule has 0 aliphatic rings. The van der Waals surface area contributed by atoms with Crippen LogP contribution in [0.4, 0.5) is 0 Å². The van der Waals surface area contributed by atoms with Gasteiger partial charge >= 0.3 is 17.9 Å². The fourth-order valence-electron chi connectivity index (χ4n) is 2.08. The van der Waals surface area contributed by atoms with Gasteiger partial charge in [0.2, 0.25) is 6.79 Å². The van der Waals surface area contributed by atoms with Crippen molar-refractivity contribution in [3.05, 3.63) is 70.8 Å². The smallest absolute Gasteiger partial charge is 0.340 e. The normalized spacial score (nSPS) is 10.1. The highest BCUT2D eigenvalue weighted by molar-refractivity contribution is 5.96. The number of ketones is 1. The molecule has 0 bridgehead atoms. The third-order valence-corrected chi connectivity index (χ3v) is 3.57. The average Bonchev–Trinajstić information content (AvgIpc) is 2.71. The van der Waals surface area contributed by atoms with Crippen LogP contribution in [-0.2, 0) is 18.9 Å². The molecular formula is C20H18O8. The average molecular weight is 386 g/mol. The topological polar surface area (TPSA) is 105 Å². The first-order valence-electron chi connectivity index (χ1n) is 8.13. The molecule has 2 aromatic rings. The van der Waals surface area contributed by atoms with E-state index in [1.54, 1.807) is 0 Å². The summed E-state index contributed by atoms with van der Waals surface area (Å²) in [6, 6.07) is 11.5. The summed E-state index contributed by atoms with van der Waals surface area (Å²) in [5.41, 5.74) is 1.11. The number of carbonyl (C=O) groups excluding carboxylic acids is 4.